The molecule has 0 unspecified atom stereocenters. The molecule has 0 aliphatic heterocycles. The number of hydrogen-bond acceptors (Lipinski definition) is 0. The molecule has 0 nitrogen and oxygen atoms in total. The molecular formula is C38H85Cl10Ru5-13. The van der Waals surface area contributed by atoms with E-state index < -0.39 is 54.1 Å². The van der Waals surface area contributed by atoms with Gasteiger partial charge >= 0.3 is 212 Å². The van der Waals surface area contributed by atoms with Crippen LogP contribution in [-0.4, -0.2) is 18.4 Å². The summed E-state index contributed by atoms with van der Waals surface area (Å²) in [6, 6.07) is 0. The van der Waals surface area contributed by atoms with Crippen molar-refractivity contribution in [3.05, 3.63) is 143 Å². The molecular weight excluding hydrogens is 1320 g/mol. The summed E-state index contributed by atoms with van der Waals surface area (Å²) >= 11 is -5.80. The van der Waals surface area contributed by atoms with Crippen LogP contribution in [-0.2, 0) is 69.2 Å². The molecule has 0 saturated carbocycles. The van der Waals surface area contributed by atoms with Gasteiger partial charge in [-0.3, -0.25) is 12.2 Å². The minimum absolute atomic E-state index is 0. The van der Waals surface area contributed by atoms with Crippen LogP contribution in [0.25, 0.3) is 0 Å². The topological polar surface area (TPSA) is 0 Å². The summed E-state index contributed by atoms with van der Waals surface area (Å²) in [7, 11) is 52.2. The monoisotopic (exact) mass is 1400 g/mol. The van der Waals surface area contributed by atoms with Crippen molar-refractivity contribution in [2.75, 3.05) is 0 Å². The molecule has 0 saturated heterocycles. The van der Waals surface area contributed by atoms with E-state index in [0.29, 0.717) is 0 Å². The Morgan fingerprint density at radius 3 is 0.528 bits per heavy atom. The fourth-order valence-corrected chi connectivity index (χ4v) is 0. The van der Waals surface area contributed by atoms with Crippen molar-refractivity contribution < 1.29 is 69.2 Å². The molecule has 0 aromatic carbocycles. The van der Waals surface area contributed by atoms with Crippen molar-refractivity contribution in [2.45, 2.75) is 89.5 Å². The molecule has 0 bridgehead atoms. The van der Waals surface area contributed by atoms with Crippen molar-refractivity contribution >= 4 is 115 Å². The Labute approximate surface area is 411 Å². The summed E-state index contributed by atoms with van der Waals surface area (Å²) in [4.78, 5) is 0. The van der Waals surface area contributed by atoms with Crippen LogP contribution >= 0.6 is 96.9 Å². The quantitative estimate of drug-likeness (QED) is 0.139. The van der Waals surface area contributed by atoms with Crippen LogP contribution in [0.1, 0.15) is 89.5 Å². The molecule has 0 aromatic heterocycles. The van der Waals surface area contributed by atoms with Crippen LogP contribution in [0.15, 0.2) is 50.1 Å². The van der Waals surface area contributed by atoms with Crippen LogP contribution in [0.5, 0.6) is 0 Å². The Kier molecular flexibility index (Phi) is 560. The predicted molar refractivity (Wildman–Crippen MR) is 271 cm³/mol. The van der Waals surface area contributed by atoms with E-state index in [-0.39, 0.29) is 82.0 Å². The van der Waals surface area contributed by atoms with Gasteiger partial charge in [-0.25, -0.2) is 0 Å². The number of allylic oxidation sites excluding steroid dienone is 5. The SMILES string of the molecule is C=CC.C=CC.C=CC.CC.C[CH]=[Ru]([Cl])[Cl].C[CH]=[Ru]([Cl])[Cl].C[CH]=[Ru]([Cl])[Cl].C[CH]=[Ru]([Cl])[Cl].[CH-]=CC.[CH-]=CC.[CH2-]C[CH-]C.[CH3-].[CH3-].[CH3-].[CH3-].[CH3-].[CH3-].[CH3-].[CH3-].[CH3-].[Cl][Ru][Cl]. The summed E-state index contributed by atoms with van der Waals surface area (Å²) in [5.74, 6) is 0. The van der Waals surface area contributed by atoms with Crippen molar-refractivity contribution in [3.63, 3.8) is 0 Å². The van der Waals surface area contributed by atoms with Crippen LogP contribution in [0.3, 0.4) is 0 Å². The van der Waals surface area contributed by atoms with Gasteiger partial charge < -0.3 is 99.8 Å². The Morgan fingerprint density at radius 1 is 0.491 bits per heavy atom. The molecule has 0 rings (SSSR count). The average molecular weight is 1400 g/mol. The Morgan fingerprint density at radius 2 is 0.528 bits per heavy atom. The molecule has 0 N–H and O–H groups in total. The minimum atomic E-state index is -1.36. The molecule has 53 heavy (non-hydrogen) atoms. The summed E-state index contributed by atoms with van der Waals surface area (Å²) in [6.45, 7) is 45.8. The zero-order valence-corrected chi connectivity index (χ0v) is 53.3. The van der Waals surface area contributed by atoms with Crippen molar-refractivity contribution in [3.8, 4) is 0 Å². The van der Waals surface area contributed by atoms with Gasteiger partial charge in [0.25, 0.3) is 0 Å². The molecule has 0 spiro atoms. The maximum atomic E-state index is 5.32. The van der Waals surface area contributed by atoms with E-state index >= 15 is 0 Å². The third-order valence-corrected chi connectivity index (χ3v) is 11.2. The summed E-state index contributed by atoms with van der Waals surface area (Å²) in [5, 5.41) is 0. The van der Waals surface area contributed by atoms with Gasteiger partial charge in [0.15, 0.2) is 0 Å². The van der Waals surface area contributed by atoms with Crippen molar-refractivity contribution in [2.24, 2.45) is 0 Å². The van der Waals surface area contributed by atoms with Crippen molar-refractivity contribution in [1.29, 1.82) is 0 Å². The second-order valence-corrected chi connectivity index (χ2v) is 31.8. The van der Waals surface area contributed by atoms with Gasteiger partial charge in [-0.2, -0.15) is 6.92 Å². The number of unbranched alkanes of at least 4 members (excludes halogenated alkanes) is 1. The Bertz CT molecular complexity index is 473. The first-order valence-corrected chi connectivity index (χ1v) is 38.1. The molecule has 0 aromatic rings. The van der Waals surface area contributed by atoms with Gasteiger partial charge in [0.1, 0.15) is 0 Å². The van der Waals surface area contributed by atoms with E-state index in [1.807, 2.05) is 94.1 Å². The second-order valence-electron chi connectivity index (χ2n) is 4.27. The van der Waals surface area contributed by atoms with E-state index in [2.05, 4.69) is 26.7 Å². The summed E-state index contributed by atoms with van der Waals surface area (Å²) in [6.07, 6.45) is 11.2. The fourth-order valence-electron chi connectivity index (χ4n) is 0. The number of hydrogen-bond donors (Lipinski definition) is 0. The van der Waals surface area contributed by atoms with E-state index in [9.17, 15) is 0 Å². The first-order chi connectivity index (χ1) is 20.5. The van der Waals surface area contributed by atoms with Gasteiger partial charge in [0, 0.05) is 0 Å². The molecule has 0 fully saturated rings. The summed E-state index contributed by atoms with van der Waals surface area (Å²) in [5.41, 5.74) is 0. The van der Waals surface area contributed by atoms with Crippen LogP contribution in [0.2, 0.25) is 0 Å². The predicted octanol–water partition coefficient (Wildman–Crippen LogP) is 20.4. The average Bonchev–Trinajstić information content (AvgIpc) is 2.97. The maximum absolute atomic E-state index is 5.32. The summed E-state index contributed by atoms with van der Waals surface area (Å²) < 4.78 is 7.36. The third kappa shape index (κ3) is 948. The zero-order chi connectivity index (χ0) is 38.8. The van der Waals surface area contributed by atoms with Gasteiger partial charge in [-0.15, -0.1) is 19.7 Å². The molecule has 0 atom stereocenters. The van der Waals surface area contributed by atoms with Gasteiger partial charge in [0.05, 0.1) is 0 Å². The standard InChI is InChI=1S/C4H8.3C3H6.2C3H5.C2H6.4C2H4.9CH3.10ClH.5Ru/c1-3-4-2;5*1-3-2;5*1-2;;;;;;;;;;;;;;;;;;;;;;;;/h4H,1,3H2,2H3;3*3H,1H2,2H3;2*1,3H,2H3;1-2H3;4*1H,2H3;9*1H3;10*1H;;;;;/q-2;;;;2*-1;;;;;;9*-1;;;;;;;;;;;5*+2/p-10. The fraction of sp³-hybridized carbons (Fsp3) is 0.342. The first-order valence-electron chi connectivity index (χ1n) is 11.7. The van der Waals surface area contributed by atoms with Crippen LogP contribution in [0, 0.1) is 93.3 Å². The van der Waals surface area contributed by atoms with E-state index in [1.54, 1.807) is 32.1 Å². The second kappa shape index (κ2) is 215. The molecule has 0 aliphatic rings. The third-order valence-electron chi connectivity index (χ3n) is 0.906. The molecule has 360 valence electrons. The first kappa shape index (κ1) is 138. The van der Waals surface area contributed by atoms with Gasteiger partial charge in [0.2, 0.25) is 0 Å². The van der Waals surface area contributed by atoms with E-state index in [1.165, 1.54) is 12.2 Å². The number of rotatable bonds is 1. The Hall–Kier alpha value is 4.20. The number of halogens is 10. The zero-order valence-electron chi connectivity index (χ0n) is 37.0. The van der Waals surface area contributed by atoms with Crippen molar-refractivity contribution in [1.82, 2.24) is 0 Å². The molecule has 0 radical (unpaired) electrons. The van der Waals surface area contributed by atoms with Crippen LogP contribution < -0.4 is 0 Å². The van der Waals surface area contributed by atoms with Crippen LogP contribution in [0.4, 0.5) is 0 Å². The van der Waals surface area contributed by atoms with E-state index in [4.69, 9.17) is 110 Å². The molecule has 15 heteroatoms. The van der Waals surface area contributed by atoms with Gasteiger partial charge in [-0.05, 0) is 20.8 Å². The van der Waals surface area contributed by atoms with E-state index in [0.717, 1.165) is 6.42 Å². The molecule has 0 aliphatic carbocycles. The molecule has 0 heterocycles. The van der Waals surface area contributed by atoms with Gasteiger partial charge in [-0.1, -0.05) is 45.9 Å². The Balaban J connectivity index is -0.0000000110. The normalized spacial score (nSPS) is 6.32. The molecule has 0 amide bonds.